The number of nitrogens with one attached hydrogen (secondary N) is 2. The van der Waals surface area contributed by atoms with Gasteiger partial charge >= 0.3 is 6.03 Å². The summed E-state index contributed by atoms with van der Waals surface area (Å²) in [7, 11) is 0. The number of urea groups is 1. The lowest BCUT2D eigenvalue weighted by atomic mass is 10.2. The molecular weight excluding hydrogens is 414 g/mol. The fourth-order valence-corrected chi connectivity index (χ4v) is 4.10. The summed E-state index contributed by atoms with van der Waals surface area (Å²) in [5.41, 5.74) is 3.33. The molecule has 168 valence electrons. The minimum Gasteiger partial charge on any atom is -0.457 e. The van der Waals surface area contributed by atoms with E-state index in [9.17, 15) is 4.79 Å². The van der Waals surface area contributed by atoms with Crippen molar-refractivity contribution < 1.29 is 9.53 Å². The van der Waals surface area contributed by atoms with Crippen LogP contribution in [0, 0.1) is 0 Å². The number of imidazole rings is 1. The highest BCUT2D eigenvalue weighted by atomic mass is 16.5. The summed E-state index contributed by atoms with van der Waals surface area (Å²) < 4.78 is 7.96. The first kappa shape index (κ1) is 21.0. The summed E-state index contributed by atoms with van der Waals surface area (Å²) in [5.74, 6) is 1.47. The zero-order valence-corrected chi connectivity index (χ0v) is 18.4. The van der Waals surface area contributed by atoms with Crippen LogP contribution in [0.4, 0.5) is 16.2 Å². The predicted octanol–water partition coefficient (Wildman–Crippen LogP) is 5.57. The average molecular weight is 442 g/mol. The molecule has 0 radical (unpaired) electrons. The van der Waals surface area contributed by atoms with Gasteiger partial charge in [0.25, 0.3) is 0 Å². The molecule has 7 heteroatoms. The number of amides is 2. The normalized spacial score (nSPS) is 13.8. The number of aromatic nitrogens is 2. The van der Waals surface area contributed by atoms with Gasteiger partial charge in [0.15, 0.2) is 0 Å². The summed E-state index contributed by atoms with van der Waals surface area (Å²) in [5, 5.41) is 5.73. The zero-order valence-electron chi connectivity index (χ0n) is 18.4. The Balaban J connectivity index is 1.16. The maximum Gasteiger partial charge on any atom is 0.323 e. The van der Waals surface area contributed by atoms with E-state index in [0.29, 0.717) is 17.1 Å². The van der Waals surface area contributed by atoms with Gasteiger partial charge in [-0.25, -0.2) is 9.78 Å². The Labute approximate surface area is 193 Å². The largest absolute Gasteiger partial charge is 0.457 e. The molecule has 0 spiro atoms. The minimum absolute atomic E-state index is 0.306. The number of anilines is 2. The Morgan fingerprint density at radius 2 is 1.55 bits per heavy atom. The molecule has 2 heterocycles. The van der Waals surface area contributed by atoms with Gasteiger partial charge in [0, 0.05) is 24.5 Å². The van der Waals surface area contributed by atoms with Crippen LogP contribution in [0.15, 0.2) is 79.1 Å². The molecule has 5 rings (SSSR count). The molecule has 2 N–H and O–H groups in total. The Hall–Kier alpha value is -3.84. The summed E-state index contributed by atoms with van der Waals surface area (Å²) >= 11 is 0. The SMILES string of the molecule is O=C(Nc1ccc(Oc2ccccc2)cc1)Nc1ccc2c(c1)ncn2CCN1CCCC1. The van der Waals surface area contributed by atoms with Crippen LogP contribution in [0.5, 0.6) is 11.5 Å². The maximum absolute atomic E-state index is 12.5. The van der Waals surface area contributed by atoms with E-state index < -0.39 is 0 Å². The zero-order chi connectivity index (χ0) is 22.5. The fourth-order valence-electron chi connectivity index (χ4n) is 4.10. The lowest BCUT2D eigenvalue weighted by Crippen LogP contribution is -2.23. The number of likely N-dealkylation sites (tertiary alicyclic amines) is 1. The van der Waals surface area contributed by atoms with E-state index in [1.54, 1.807) is 0 Å². The molecule has 1 aliphatic heterocycles. The van der Waals surface area contributed by atoms with Crippen molar-refractivity contribution in [3.63, 3.8) is 0 Å². The van der Waals surface area contributed by atoms with Crippen LogP contribution < -0.4 is 15.4 Å². The molecule has 0 bridgehead atoms. The second kappa shape index (κ2) is 9.75. The highest BCUT2D eigenvalue weighted by molar-refractivity contribution is 6.00. The highest BCUT2D eigenvalue weighted by Crippen LogP contribution is 2.23. The third-order valence-corrected chi connectivity index (χ3v) is 5.83. The first-order valence-electron chi connectivity index (χ1n) is 11.3. The monoisotopic (exact) mass is 441 g/mol. The summed E-state index contributed by atoms with van der Waals surface area (Å²) in [6.07, 6.45) is 4.48. The number of carbonyl (C=O) groups is 1. The van der Waals surface area contributed by atoms with Crippen molar-refractivity contribution in [1.29, 1.82) is 0 Å². The van der Waals surface area contributed by atoms with Gasteiger partial charge in [-0.15, -0.1) is 0 Å². The second-order valence-electron chi connectivity index (χ2n) is 8.21. The van der Waals surface area contributed by atoms with Gasteiger partial charge in [-0.1, -0.05) is 18.2 Å². The van der Waals surface area contributed by atoms with Crippen molar-refractivity contribution in [2.24, 2.45) is 0 Å². The van der Waals surface area contributed by atoms with Crippen molar-refractivity contribution in [2.45, 2.75) is 19.4 Å². The van der Waals surface area contributed by atoms with Gasteiger partial charge in [0.1, 0.15) is 11.5 Å². The topological polar surface area (TPSA) is 71.4 Å². The van der Waals surface area contributed by atoms with Gasteiger partial charge in [-0.3, -0.25) is 0 Å². The van der Waals surface area contributed by atoms with Crippen LogP contribution in [-0.2, 0) is 6.54 Å². The number of carbonyl (C=O) groups excluding carboxylic acids is 1. The van der Waals surface area contributed by atoms with Crippen molar-refractivity contribution >= 4 is 28.4 Å². The molecule has 0 aliphatic carbocycles. The van der Waals surface area contributed by atoms with Crippen LogP contribution in [-0.4, -0.2) is 40.1 Å². The minimum atomic E-state index is -0.306. The van der Waals surface area contributed by atoms with Crippen LogP contribution in [0.25, 0.3) is 11.0 Å². The summed E-state index contributed by atoms with van der Waals surface area (Å²) in [4.78, 5) is 19.5. The van der Waals surface area contributed by atoms with E-state index in [0.717, 1.165) is 29.9 Å². The van der Waals surface area contributed by atoms with Crippen LogP contribution >= 0.6 is 0 Å². The van der Waals surface area contributed by atoms with Crippen molar-refractivity contribution in [3.05, 3.63) is 79.1 Å². The third-order valence-electron chi connectivity index (χ3n) is 5.83. The quantitative estimate of drug-likeness (QED) is 0.393. The molecule has 1 aromatic heterocycles. The Kier molecular flexibility index (Phi) is 6.21. The molecule has 0 saturated carbocycles. The molecule has 1 saturated heterocycles. The number of hydrogen-bond donors (Lipinski definition) is 2. The molecule has 3 aromatic carbocycles. The van der Waals surface area contributed by atoms with Gasteiger partial charge in [0.05, 0.1) is 17.4 Å². The van der Waals surface area contributed by atoms with E-state index in [-0.39, 0.29) is 6.03 Å². The molecule has 0 atom stereocenters. The Bertz CT molecular complexity index is 1210. The molecule has 7 nitrogen and oxygen atoms in total. The molecule has 1 fully saturated rings. The van der Waals surface area contributed by atoms with Crippen molar-refractivity contribution in [2.75, 3.05) is 30.3 Å². The maximum atomic E-state index is 12.5. The lowest BCUT2D eigenvalue weighted by Gasteiger charge is -2.15. The van der Waals surface area contributed by atoms with Crippen LogP contribution in [0.3, 0.4) is 0 Å². The molecule has 33 heavy (non-hydrogen) atoms. The van der Waals surface area contributed by atoms with Crippen molar-refractivity contribution in [1.82, 2.24) is 14.5 Å². The van der Waals surface area contributed by atoms with E-state index in [2.05, 4.69) is 25.1 Å². The molecule has 2 amide bonds. The van der Waals surface area contributed by atoms with Gasteiger partial charge < -0.3 is 24.8 Å². The number of fused-ring (bicyclic) bond motifs is 1. The predicted molar refractivity (Wildman–Crippen MR) is 131 cm³/mol. The third kappa shape index (κ3) is 5.32. The van der Waals surface area contributed by atoms with Gasteiger partial charge in [-0.2, -0.15) is 0 Å². The van der Waals surface area contributed by atoms with Gasteiger partial charge in [0.2, 0.25) is 0 Å². The number of hydrogen-bond acceptors (Lipinski definition) is 4. The van der Waals surface area contributed by atoms with E-state index in [1.807, 2.05) is 79.1 Å². The highest BCUT2D eigenvalue weighted by Gasteiger charge is 2.12. The number of rotatable bonds is 7. The molecule has 0 unspecified atom stereocenters. The Morgan fingerprint density at radius 1 is 0.848 bits per heavy atom. The average Bonchev–Trinajstić information content (AvgIpc) is 3.49. The molecule has 4 aromatic rings. The number of benzene rings is 3. The molecular formula is C26H27N5O2. The number of ether oxygens (including phenoxy) is 1. The van der Waals surface area contributed by atoms with Gasteiger partial charge in [-0.05, 0) is 80.5 Å². The summed E-state index contributed by atoms with van der Waals surface area (Å²) in [6, 6.07) is 22.4. The van der Waals surface area contributed by atoms with E-state index in [4.69, 9.17) is 4.74 Å². The summed E-state index contributed by atoms with van der Waals surface area (Å²) in [6.45, 7) is 4.36. The van der Waals surface area contributed by atoms with Crippen molar-refractivity contribution in [3.8, 4) is 11.5 Å². The van der Waals surface area contributed by atoms with E-state index >= 15 is 0 Å². The fraction of sp³-hybridized carbons (Fsp3) is 0.231. The smallest absolute Gasteiger partial charge is 0.323 e. The first-order valence-corrected chi connectivity index (χ1v) is 11.3. The van der Waals surface area contributed by atoms with E-state index in [1.165, 1.54) is 25.9 Å². The van der Waals surface area contributed by atoms with Crippen LogP contribution in [0.1, 0.15) is 12.8 Å². The van der Waals surface area contributed by atoms with Crippen LogP contribution in [0.2, 0.25) is 0 Å². The second-order valence-corrected chi connectivity index (χ2v) is 8.21. The lowest BCUT2D eigenvalue weighted by molar-refractivity contribution is 0.262. The number of para-hydroxylation sites is 1. The number of nitrogens with zero attached hydrogens (tertiary/aromatic N) is 3. The first-order chi connectivity index (χ1) is 16.2. The standard InChI is InChI=1S/C26H27N5O2/c32-26(28-20-8-11-23(12-9-20)33-22-6-2-1-3-7-22)29-21-10-13-25-24(18-21)27-19-31(25)17-16-30-14-4-5-15-30/h1-3,6-13,18-19H,4-5,14-17H2,(H2,28,29,32). The molecule has 1 aliphatic rings. The Morgan fingerprint density at radius 3 is 2.33 bits per heavy atom.